The number of hydrogen-bond acceptors (Lipinski definition) is 4. The van der Waals surface area contributed by atoms with Gasteiger partial charge in [-0.1, -0.05) is 11.6 Å². The van der Waals surface area contributed by atoms with Crippen molar-refractivity contribution in [2.24, 2.45) is 0 Å². The maximum Gasteiger partial charge on any atom is 0.263 e. The Morgan fingerprint density at radius 2 is 1.92 bits per heavy atom. The number of hydrogen-bond donors (Lipinski definition) is 0. The van der Waals surface area contributed by atoms with Crippen LogP contribution < -0.4 is 9.04 Å². The predicted molar refractivity (Wildman–Crippen MR) is 93.1 cm³/mol. The molecule has 0 aliphatic carbocycles. The number of rotatable bonds is 2. The monoisotopic (exact) mass is 372 g/mol. The van der Waals surface area contributed by atoms with Crippen LogP contribution in [0.4, 0.5) is 5.69 Å². The molecule has 1 aromatic rings. The summed E-state index contributed by atoms with van der Waals surface area (Å²) in [6.07, 6.45) is 3.92. The summed E-state index contributed by atoms with van der Waals surface area (Å²) in [7, 11) is -3.48. The van der Waals surface area contributed by atoms with Gasteiger partial charge < -0.3 is 9.64 Å². The minimum Gasteiger partial charge on any atom is -0.478 e. The highest BCUT2D eigenvalue weighted by atomic mass is 35.5. The number of benzene rings is 1. The van der Waals surface area contributed by atoms with Crippen molar-refractivity contribution < 1.29 is 17.9 Å². The first-order valence-electron chi connectivity index (χ1n) is 8.09. The predicted octanol–water partition coefficient (Wildman–Crippen LogP) is 2.27. The lowest BCUT2D eigenvalue weighted by Crippen LogP contribution is -2.45. The molecule has 3 rings (SSSR count). The number of carbonyl (C=O) groups is 1. The summed E-state index contributed by atoms with van der Waals surface area (Å²) in [4.78, 5) is 14.6. The van der Waals surface area contributed by atoms with Gasteiger partial charge in [0.15, 0.2) is 6.10 Å². The van der Waals surface area contributed by atoms with E-state index in [1.165, 1.54) is 4.31 Å². The molecule has 1 atom stereocenters. The molecule has 0 saturated carbocycles. The van der Waals surface area contributed by atoms with Gasteiger partial charge >= 0.3 is 0 Å². The normalized spacial score (nSPS) is 21.7. The molecule has 0 radical (unpaired) electrons. The van der Waals surface area contributed by atoms with Gasteiger partial charge in [-0.25, -0.2) is 8.42 Å². The first-order valence-corrected chi connectivity index (χ1v) is 10.3. The molecule has 0 bridgehead atoms. The highest BCUT2D eigenvalue weighted by molar-refractivity contribution is 7.92. The first kappa shape index (κ1) is 17.4. The fraction of sp³-hybridized carbons (Fsp3) is 0.562. The molecule has 0 unspecified atom stereocenters. The van der Waals surface area contributed by atoms with E-state index in [1.807, 2.05) is 4.90 Å². The van der Waals surface area contributed by atoms with Crippen molar-refractivity contribution in [3.63, 3.8) is 0 Å². The lowest BCUT2D eigenvalue weighted by atomic mass is 10.1. The number of sulfonamides is 1. The van der Waals surface area contributed by atoms with Crippen LogP contribution in [-0.2, 0) is 14.8 Å². The van der Waals surface area contributed by atoms with Crippen molar-refractivity contribution in [3.05, 3.63) is 23.2 Å². The smallest absolute Gasteiger partial charge is 0.263 e. The van der Waals surface area contributed by atoms with Crippen LogP contribution in [0.15, 0.2) is 18.2 Å². The van der Waals surface area contributed by atoms with Crippen LogP contribution in [0, 0.1) is 0 Å². The van der Waals surface area contributed by atoms with E-state index in [0.717, 1.165) is 38.6 Å². The molecule has 2 heterocycles. The third kappa shape index (κ3) is 3.62. The summed E-state index contributed by atoms with van der Waals surface area (Å²) >= 11 is 6.01. The Morgan fingerprint density at radius 3 is 2.58 bits per heavy atom. The largest absolute Gasteiger partial charge is 0.478 e. The highest BCUT2D eigenvalue weighted by Gasteiger charge is 2.33. The van der Waals surface area contributed by atoms with Crippen LogP contribution in [0.25, 0.3) is 0 Å². The summed E-state index contributed by atoms with van der Waals surface area (Å²) in [6.45, 7) is 1.67. The Bertz CT molecular complexity index is 732. The van der Waals surface area contributed by atoms with Gasteiger partial charge in [0.25, 0.3) is 5.91 Å². The zero-order valence-corrected chi connectivity index (χ0v) is 15.1. The van der Waals surface area contributed by atoms with Gasteiger partial charge in [-0.05, 0) is 37.5 Å². The zero-order chi connectivity index (χ0) is 17.3. The molecule has 8 heteroatoms. The van der Waals surface area contributed by atoms with E-state index in [2.05, 4.69) is 0 Å². The van der Waals surface area contributed by atoms with E-state index < -0.39 is 16.1 Å². The molecule has 2 aliphatic rings. The number of fused-ring (bicyclic) bond motifs is 1. The number of piperidine rings is 1. The summed E-state index contributed by atoms with van der Waals surface area (Å²) in [5.74, 6) is 0.309. The van der Waals surface area contributed by atoms with Gasteiger partial charge in [0.2, 0.25) is 10.0 Å². The minimum absolute atomic E-state index is 0.0639. The molecule has 132 valence electrons. The Kier molecular flexibility index (Phi) is 4.92. The summed E-state index contributed by atoms with van der Waals surface area (Å²) in [5.41, 5.74) is 0.388. The Labute approximate surface area is 147 Å². The third-order valence-corrected chi connectivity index (χ3v) is 5.81. The van der Waals surface area contributed by atoms with Gasteiger partial charge in [0.05, 0.1) is 11.9 Å². The fourth-order valence-corrected chi connectivity index (χ4v) is 4.29. The average molecular weight is 373 g/mol. The van der Waals surface area contributed by atoms with Crippen molar-refractivity contribution in [1.29, 1.82) is 0 Å². The number of anilines is 1. The van der Waals surface area contributed by atoms with Crippen LogP contribution in [0.3, 0.4) is 0 Å². The van der Waals surface area contributed by atoms with Crippen molar-refractivity contribution >= 4 is 33.2 Å². The van der Waals surface area contributed by atoms with Gasteiger partial charge in [-0.2, -0.15) is 0 Å². The van der Waals surface area contributed by atoms with Crippen molar-refractivity contribution in [2.45, 2.75) is 31.8 Å². The lowest BCUT2D eigenvalue weighted by Gasteiger charge is -2.30. The molecule has 0 spiro atoms. The van der Waals surface area contributed by atoms with Gasteiger partial charge in [0.1, 0.15) is 5.75 Å². The van der Waals surface area contributed by atoms with Gasteiger partial charge in [-0.15, -0.1) is 0 Å². The zero-order valence-electron chi connectivity index (χ0n) is 13.6. The molecular formula is C16H21ClN2O4S. The molecule has 24 heavy (non-hydrogen) atoms. The van der Waals surface area contributed by atoms with Crippen molar-refractivity contribution in [3.8, 4) is 5.75 Å². The van der Waals surface area contributed by atoms with Crippen molar-refractivity contribution in [1.82, 2.24) is 4.90 Å². The number of carbonyl (C=O) groups excluding carboxylic acids is 1. The molecule has 2 aliphatic heterocycles. The molecule has 0 aromatic heterocycles. The first-order chi connectivity index (χ1) is 11.4. The number of ether oxygens (including phenoxy) is 1. The van der Waals surface area contributed by atoms with Gasteiger partial charge in [-0.3, -0.25) is 9.10 Å². The third-order valence-electron chi connectivity index (χ3n) is 4.40. The van der Waals surface area contributed by atoms with Crippen LogP contribution in [0.1, 0.15) is 25.7 Å². The van der Waals surface area contributed by atoms with E-state index in [0.29, 0.717) is 22.9 Å². The van der Waals surface area contributed by atoms with Crippen LogP contribution in [0.2, 0.25) is 5.02 Å². The topological polar surface area (TPSA) is 66.9 Å². The number of amides is 1. The van der Waals surface area contributed by atoms with E-state index in [1.54, 1.807) is 18.2 Å². The van der Waals surface area contributed by atoms with Crippen LogP contribution in [0.5, 0.6) is 5.75 Å². The number of halogens is 1. The second-order valence-electron chi connectivity index (χ2n) is 6.23. The second-order valence-corrected chi connectivity index (χ2v) is 8.57. The molecule has 0 N–H and O–H groups in total. The average Bonchev–Trinajstić information content (AvgIpc) is 2.74. The SMILES string of the molecule is CS(=O)(=O)N1CC[C@@H](C(=O)N2CCCCC2)Oc2ccc(Cl)cc21. The second kappa shape index (κ2) is 6.80. The molecule has 1 saturated heterocycles. The lowest BCUT2D eigenvalue weighted by molar-refractivity contribution is -0.139. The number of nitrogens with zero attached hydrogens (tertiary/aromatic N) is 2. The minimum atomic E-state index is -3.48. The Balaban J connectivity index is 1.90. The molecule has 1 fully saturated rings. The molecule has 6 nitrogen and oxygen atoms in total. The standard InChI is InChI=1S/C16H21ClN2O4S/c1-24(21,22)19-10-7-15(16(20)18-8-3-2-4-9-18)23-14-6-5-12(17)11-13(14)19/h5-6,11,15H,2-4,7-10H2,1H3/t15-/m0/s1. The Hall–Kier alpha value is -1.47. The summed E-state index contributed by atoms with van der Waals surface area (Å²) in [6, 6.07) is 4.82. The number of likely N-dealkylation sites (tertiary alicyclic amines) is 1. The maximum absolute atomic E-state index is 12.7. The quantitative estimate of drug-likeness (QED) is 0.798. The van der Waals surface area contributed by atoms with E-state index in [4.69, 9.17) is 16.3 Å². The van der Waals surface area contributed by atoms with Gasteiger partial charge in [0, 0.05) is 31.1 Å². The molecular weight excluding hydrogens is 352 g/mol. The Morgan fingerprint density at radius 1 is 1.21 bits per heavy atom. The van der Waals surface area contributed by atoms with E-state index in [-0.39, 0.29) is 12.5 Å². The van der Waals surface area contributed by atoms with Crippen LogP contribution in [-0.4, -0.2) is 51.2 Å². The summed E-state index contributed by atoms with van der Waals surface area (Å²) < 4.78 is 31.4. The van der Waals surface area contributed by atoms with E-state index >= 15 is 0 Å². The van der Waals surface area contributed by atoms with Crippen LogP contribution >= 0.6 is 11.6 Å². The summed E-state index contributed by atoms with van der Waals surface area (Å²) in [5, 5.41) is 0.423. The fourth-order valence-electron chi connectivity index (χ4n) is 3.19. The molecule has 1 aromatic carbocycles. The molecule has 1 amide bonds. The van der Waals surface area contributed by atoms with Crippen molar-refractivity contribution in [2.75, 3.05) is 30.2 Å². The maximum atomic E-state index is 12.7. The highest BCUT2D eigenvalue weighted by Crippen LogP contribution is 2.36. The van der Waals surface area contributed by atoms with E-state index in [9.17, 15) is 13.2 Å².